The van der Waals surface area contributed by atoms with Crippen LogP contribution in [0, 0.1) is 0 Å². The van der Waals surface area contributed by atoms with Gasteiger partial charge in [0.25, 0.3) is 0 Å². The Morgan fingerprint density at radius 1 is 1.35 bits per heavy atom. The molecule has 0 spiro atoms. The summed E-state index contributed by atoms with van der Waals surface area (Å²) in [6.07, 6.45) is 3.43. The molecule has 0 saturated carbocycles. The fraction of sp³-hybridized carbons (Fsp3) is 0.526. The summed E-state index contributed by atoms with van der Waals surface area (Å²) in [7, 11) is 0. The van der Waals surface area contributed by atoms with Crippen molar-refractivity contribution < 1.29 is 14.6 Å². The van der Waals surface area contributed by atoms with Crippen LogP contribution in [0.4, 0.5) is 10.6 Å². The quantitative estimate of drug-likeness (QED) is 0.846. The second kappa shape index (κ2) is 8.31. The summed E-state index contributed by atoms with van der Waals surface area (Å²) in [5.74, 6) is 1.02. The minimum atomic E-state index is -0.732. The van der Waals surface area contributed by atoms with Gasteiger partial charge in [-0.05, 0) is 45.7 Å². The molecule has 0 aliphatic heterocycles. The summed E-state index contributed by atoms with van der Waals surface area (Å²) in [5, 5.41) is 15.0. The normalized spacial score (nSPS) is 12.7. The first-order chi connectivity index (χ1) is 12.3. The summed E-state index contributed by atoms with van der Waals surface area (Å²) in [6.45, 7) is 9.76. The molecule has 1 N–H and O–H groups in total. The predicted molar refractivity (Wildman–Crippen MR) is 100 cm³/mol. The lowest BCUT2D eigenvalue weighted by atomic mass is 10.1. The number of aliphatic hydroxyl groups excluding tert-OH is 1. The van der Waals surface area contributed by atoms with Crippen LogP contribution < -0.4 is 4.90 Å². The number of rotatable bonds is 6. The highest BCUT2D eigenvalue weighted by atomic mass is 16.6. The van der Waals surface area contributed by atoms with Gasteiger partial charge in [-0.2, -0.15) is 0 Å². The van der Waals surface area contributed by atoms with E-state index in [1.54, 1.807) is 17.1 Å². The number of pyridine rings is 1. The Balaban J connectivity index is 2.48. The minimum absolute atomic E-state index is 0.404. The van der Waals surface area contributed by atoms with E-state index in [-0.39, 0.29) is 0 Å². The van der Waals surface area contributed by atoms with Crippen LogP contribution in [0.3, 0.4) is 0 Å². The lowest BCUT2D eigenvalue weighted by Gasteiger charge is -2.27. The predicted octanol–water partition coefficient (Wildman–Crippen LogP) is 3.86. The summed E-state index contributed by atoms with van der Waals surface area (Å²) >= 11 is 0. The fourth-order valence-corrected chi connectivity index (χ4v) is 2.47. The first kappa shape index (κ1) is 19.9. The molecular weight excluding hydrogens is 332 g/mol. The number of hydrogen-bond acceptors (Lipinski definition) is 5. The van der Waals surface area contributed by atoms with Crippen molar-refractivity contribution in [2.75, 3.05) is 11.4 Å². The van der Waals surface area contributed by atoms with Crippen LogP contribution in [0.2, 0.25) is 0 Å². The molecule has 1 atom stereocenters. The van der Waals surface area contributed by atoms with Crippen molar-refractivity contribution in [1.29, 1.82) is 0 Å². The van der Waals surface area contributed by atoms with Crippen LogP contribution >= 0.6 is 0 Å². The Morgan fingerprint density at radius 2 is 2.08 bits per heavy atom. The molecule has 2 aromatic heterocycles. The van der Waals surface area contributed by atoms with Crippen LogP contribution in [0.5, 0.6) is 0 Å². The van der Waals surface area contributed by atoms with E-state index >= 15 is 0 Å². The highest BCUT2D eigenvalue weighted by Gasteiger charge is 2.29. The number of aliphatic hydroxyl groups is 1. The SMILES string of the molecule is CCCN(C(=O)OC(C)(C)C)c1nn(-c2ccccn2)cc1C(O)CC. The average molecular weight is 360 g/mol. The summed E-state index contributed by atoms with van der Waals surface area (Å²) < 4.78 is 7.11. The lowest BCUT2D eigenvalue weighted by Crippen LogP contribution is -2.38. The van der Waals surface area contributed by atoms with Crippen molar-refractivity contribution in [1.82, 2.24) is 14.8 Å². The maximum absolute atomic E-state index is 12.7. The number of ether oxygens (including phenoxy) is 1. The van der Waals surface area contributed by atoms with E-state index < -0.39 is 17.8 Å². The van der Waals surface area contributed by atoms with Crippen LogP contribution in [-0.2, 0) is 4.74 Å². The van der Waals surface area contributed by atoms with E-state index in [1.807, 2.05) is 52.8 Å². The van der Waals surface area contributed by atoms with Gasteiger partial charge in [0.2, 0.25) is 0 Å². The smallest absolute Gasteiger partial charge is 0.416 e. The van der Waals surface area contributed by atoms with E-state index in [0.717, 1.165) is 6.42 Å². The van der Waals surface area contributed by atoms with Gasteiger partial charge in [-0.15, -0.1) is 5.10 Å². The summed E-state index contributed by atoms with van der Waals surface area (Å²) in [6, 6.07) is 5.49. The van der Waals surface area contributed by atoms with Crippen molar-refractivity contribution in [2.24, 2.45) is 0 Å². The second-order valence-corrected chi connectivity index (χ2v) is 7.10. The molecule has 0 bridgehead atoms. The largest absolute Gasteiger partial charge is 0.443 e. The number of carbonyl (C=O) groups is 1. The fourth-order valence-electron chi connectivity index (χ4n) is 2.47. The molecule has 0 saturated heterocycles. The zero-order valence-corrected chi connectivity index (χ0v) is 16.1. The molecule has 0 radical (unpaired) electrons. The number of amides is 1. The summed E-state index contributed by atoms with van der Waals surface area (Å²) in [5.41, 5.74) is -0.0339. The molecule has 0 aliphatic rings. The van der Waals surface area contributed by atoms with E-state index in [0.29, 0.717) is 30.2 Å². The average Bonchev–Trinajstić information content (AvgIpc) is 3.03. The Labute approximate surface area is 154 Å². The Hall–Kier alpha value is -2.41. The number of aromatic nitrogens is 3. The molecule has 2 heterocycles. The standard InChI is InChI=1S/C19H28N4O3/c1-6-12-22(18(25)26-19(3,4)5)17-14(15(24)7-2)13-23(21-17)16-10-8-9-11-20-16/h8-11,13,15,24H,6-7,12H2,1-5H3. The number of anilines is 1. The molecule has 0 aromatic carbocycles. The van der Waals surface area contributed by atoms with E-state index in [1.165, 1.54) is 4.90 Å². The minimum Gasteiger partial charge on any atom is -0.443 e. The van der Waals surface area contributed by atoms with Gasteiger partial charge >= 0.3 is 6.09 Å². The molecule has 2 rings (SSSR count). The van der Waals surface area contributed by atoms with Gasteiger partial charge in [0, 0.05) is 24.5 Å². The molecule has 26 heavy (non-hydrogen) atoms. The van der Waals surface area contributed by atoms with Crippen molar-refractivity contribution in [2.45, 2.75) is 59.2 Å². The zero-order chi connectivity index (χ0) is 19.3. The Bertz CT molecular complexity index is 722. The van der Waals surface area contributed by atoms with E-state index in [4.69, 9.17) is 4.74 Å². The monoisotopic (exact) mass is 360 g/mol. The third kappa shape index (κ3) is 4.82. The number of carbonyl (C=O) groups excluding carboxylic acids is 1. The first-order valence-electron chi connectivity index (χ1n) is 8.96. The Morgan fingerprint density at radius 3 is 2.62 bits per heavy atom. The van der Waals surface area contributed by atoms with Crippen molar-refractivity contribution >= 4 is 11.9 Å². The van der Waals surface area contributed by atoms with Crippen LogP contribution in [0.25, 0.3) is 5.82 Å². The number of hydrogen-bond donors (Lipinski definition) is 1. The molecular formula is C19H28N4O3. The molecule has 0 fully saturated rings. The topological polar surface area (TPSA) is 80.5 Å². The molecule has 7 nitrogen and oxygen atoms in total. The molecule has 0 aliphatic carbocycles. The highest BCUT2D eigenvalue weighted by Crippen LogP contribution is 2.29. The zero-order valence-electron chi connectivity index (χ0n) is 16.1. The van der Waals surface area contributed by atoms with E-state index in [9.17, 15) is 9.90 Å². The molecule has 142 valence electrons. The molecule has 7 heteroatoms. The van der Waals surface area contributed by atoms with Gasteiger partial charge in [-0.25, -0.2) is 14.5 Å². The summed E-state index contributed by atoms with van der Waals surface area (Å²) in [4.78, 5) is 18.5. The van der Waals surface area contributed by atoms with Crippen LogP contribution in [-0.4, -0.2) is 38.1 Å². The maximum Gasteiger partial charge on any atom is 0.416 e. The van der Waals surface area contributed by atoms with E-state index in [2.05, 4.69) is 10.1 Å². The third-order valence-corrected chi connectivity index (χ3v) is 3.67. The van der Waals surface area contributed by atoms with Crippen LogP contribution in [0.1, 0.15) is 59.1 Å². The van der Waals surface area contributed by atoms with Gasteiger partial charge in [0.1, 0.15) is 5.60 Å². The van der Waals surface area contributed by atoms with Gasteiger partial charge in [0.15, 0.2) is 11.6 Å². The van der Waals surface area contributed by atoms with Crippen molar-refractivity contribution in [3.05, 3.63) is 36.2 Å². The van der Waals surface area contributed by atoms with Crippen LogP contribution in [0.15, 0.2) is 30.6 Å². The van der Waals surface area contributed by atoms with Crippen molar-refractivity contribution in [3.63, 3.8) is 0 Å². The van der Waals surface area contributed by atoms with Gasteiger partial charge in [0.05, 0.1) is 6.10 Å². The lowest BCUT2D eigenvalue weighted by molar-refractivity contribution is 0.0578. The van der Waals surface area contributed by atoms with Gasteiger partial charge in [-0.3, -0.25) is 4.90 Å². The molecule has 1 amide bonds. The third-order valence-electron chi connectivity index (χ3n) is 3.67. The maximum atomic E-state index is 12.7. The van der Waals surface area contributed by atoms with Crippen molar-refractivity contribution in [3.8, 4) is 5.82 Å². The number of nitrogens with zero attached hydrogens (tertiary/aromatic N) is 4. The first-order valence-corrected chi connectivity index (χ1v) is 8.96. The van der Waals surface area contributed by atoms with Gasteiger partial charge < -0.3 is 9.84 Å². The highest BCUT2D eigenvalue weighted by molar-refractivity contribution is 5.87. The molecule has 1 unspecified atom stereocenters. The second-order valence-electron chi connectivity index (χ2n) is 7.10. The van der Waals surface area contributed by atoms with Gasteiger partial charge in [-0.1, -0.05) is 19.9 Å². The Kier molecular flexibility index (Phi) is 6.37. The molecule has 2 aromatic rings.